The van der Waals surface area contributed by atoms with Crippen LogP contribution in [0.1, 0.15) is 11.8 Å². The summed E-state index contributed by atoms with van der Waals surface area (Å²) in [5, 5.41) is 31.9. The van der Waals surface area contributed by atoms with Gasteiger partial charge in [0.2, 0.25) is 0 Å². The van der Waals surface area contributed by atoms with E-state index < -0.39 is 42.8 Å². The number of fused-ring (bicyclic) bond motifs is 1. The van der Waals surface area contributed by atoms with Crippen LogP contribution in [0.3, 0.4) is 0 Å². The number of halogens is 3. The number of ether oxygens (including phenoxy) is 1. The molecule has 12 heteroatoms. The molecule has 0 bridgehead atoms. The van der Waals surface area contributed by atoms with Crippen LogP contribution < -0.4 is 5.32 Å². The van der Waals surface area contributed by atoms with Gasteiger partial charge in [-0.25, -0.2) is 23.7 Å². The largest absolute Gasteiger partial charge is 0.394 e. The fourth-order valence-corrected chi connectivity index (χ4v) is 3.40. The number of aromatic nitrogens is 4. The quantitative estimate of drug-likeness (QED) is 0.444. The van der Waals surface area contributed by atoms with Crippen LogP contribution in [0.5, 0.6) is 0 Å². The number of imidazole rings is 1. The van der Waals surface area contributed by atoms with E-state index in [4.69, 9.17) is 16.3 Å². The lowest BCUT2D eigenvalue weighted by atomic mass is 10.1. The summed E-state index contributed by atoms with van der Waals surface area (Å²) < 4.78 is 34.4. The molecule has 1 unspecified atom stereocenters. The predicted octanol–water partition coefficient (Wildman–Crippen LogP) is 0.981. The van der Waals surface area contributed by atoms with E-state index in [-0.39, 0.29) is 34.1 Å². The molecule has 1 fully saturated rings. The van der Waals surface area contributed by atoms with Crippen LogP contribution >= 0.6 is 11.6 Å². The fraction of sp³-hybridized carbons (Fsp3) is 0.353. The number of nitrogens with one attached hydrogen (secondary N) is 1. The molecule has 9 nitrogen and oxygen atoms in total. The third-order valence-corrected chi connectivity index (χ3v) is 5.13. The maximum Gasteiger partial charge on any atom is 0.167 e. The molecule has 4 N–H and O–H groups in total. The van der Waals surface area contributed by atoms with E-state index in [1.165, 1.54) is 17.2 Å². The van der Waals surface area contributed by atoms with Gasteiger partial charge >= 0.3 is 0 Å². The van der Waals surface area contributed by atoms with Gasteiger partial charge in [0.05, 0.1) is 18.0 Å². The normalized spacial score (nSPS) is 24.3. The monoisotopic (exact) mass is 427 g/mol. The third kappa shape index (κ3) is 3.40. The standard InChI is InChI=1S/C17H16ClF2N5O4/c18-11-7(8(19)1-2-9(11)20)3-21-15-12-16(23-5-22-15)25(6-24-12)17-14(28)13(27)10(4-26)29-17/h1-2,5-6,10,13-14,17,26-28H,3-4H2,(H,21,22,23)/t10-,13-,14+,17?/m1/s1. The summed E-state index contributed by atoms with van der Waals surface area (Å²) in [6.45, 7) is -0.627. The van der Waals surface area contributed by atoms with E-state index in [0.29, 0.717) is 0 Å². The number of hydrogen-bond donors (Lipinski definition) is 4. The molecule has 3 aromatic rings. The Morgan fingerprint density at radius 3 is 2.62 bits per heavy atom. The highest BCUT2D eigenvalue weighted by Gasteiger charge is 2.44. The van der Waals surface area contributed by atoms with Crippen molar-refractivity contribution in [3.63, 3.8) is 0 Å². The molecule has 0 radical (unpaired) electrons. The molecule has 0 aliphatic carbocycles. The Hall–Kier alpha value is -2.44. The number of anilines is 1. The molecule has 4 atom stereocenters. The summed E-state index contributed by atoms with van der Waals surface area (Å²) in [7, 11) is 0. The Labute approximate surface area is 167 Å². The van der Waals surface area contributed by atoms with Crippen molar-refractivity contribution in [2.24, 2.45) is 0 Å². The van der Waals surface area contributed by atoms with Crippen LogP contribution in [0.2, 0.25) is 5.02 Å². The second kappa shape index (κ2) is 7.76. The van der Waals surface area contributed by atoms with Gasteiger partial charge in [-0.1, -0.05) is 11.6 Å². The van der Waals surface area contributed by atoms with Gasteiger partial charge in [0, 0.05) is 12.1 Å². The van der Waals surface area contributed by atoms with E-state index in [1.54, 1.807) is 0 Å². The minimum Gasteiger partial charge on any atom is -0.394 e. The second-order valence-electron chi connectivity index (χ2n) is 6.45. The number of benzene rings is 1. The molecule has 1 saturated heterocycles. The lowest BCUT2D eigenvalue weighted by Crippen LogP contribution is -2.33. The first-order chi connectivity index (χ1) is 13.9. The number of rotatable bonds is 5. The van der Waals surface area contributed by atoms with Crippen LogP contribution in [0.4, 0.5) is 14.6 Å². The summed E-state index contributed by atoms with van der Waals surface area (Å²) >= 11 is 5.83. The van der Waals surface area contributed by atoms with Gasteiger partial charge in [-0.05, 0) is 12.1 Å². The average Bonchev–Trinajstić information content (AvgIpc) is 3.26. The molecule has 1 aromatic carbocycles. The Kier molecular flexibility index (Phi) is 5.32. The van der Waals surface area contributed by atoms with Gasteiger partial charge in [-0.2, -0.15) is 0 Å². The van der Waals surface area contributed by atoms with Gasteiger partial charge in [-0.3, -0.25) is 4.57 Å². The Morgan fingerprint density at radius 2 is 1.90 bits per heavy atom. The van der Waals surface area contributed by atoms with Gasteiger partial charge in [0.25, 0.3) is 0 Å². The molecule has 0 saturated carbocycles. The fourth-order valence-electron chi connectivity index (χ4n) is 3.18. The van der Waals surface area contributed by atoms with E-state index >= 15 is 0 Å². The van der Waals surface area contributed by atoms with Crippen molar-refractivity contribution in [1.29, 1.82) is 0 Å². The number of nitrogens with zero attached hydrogens (tertiary/aromatic N) is 4. The van der Waals surface area contributed by atoms with Crippen molar-refractivity contribution in [2.45, 2.75) is 31.1 Å². The molecule has 0 spiro atoms. The van der Waals surface area contributed by atoms with Crippen molar-refractivity contribution in [2.75, 3.05) is 11.9 Å². The second-order valence-corrected chi connectivity index (χ2v) is 6.83. The minimum absolute atomic E-state index is 0.0682. The molecular weight excluding hydrogens is 412 g/mol. The Balaban J connectivity index is 1.63. The first kappa shape index (κ1) is 19.9. The average molecular weight is 428 g/mol. The highest BCUT2D eigenvalue weighted by Crippen LogP contribution is 2.32. The topological polar surface area (TPSA) is 126 Å². The van der Waals surface area contributed by atoms with E-state index in [2.05, 4.69) is 20.3 Å². The summed E-state index contributed by atoms with van der Waals surface area (Å²) in [6.07, 6.45) is -2.01. The first-order valence-corrected chi connectivity index (χ1v) is 8.96. The smallest absolute Gasteiger partial charge is 0.167 e. The van der Waals surface area contributed by atoms with Crippen LogP contribution in [-0.2, 0) is 11.3 Å². The molecule has 154 valence electrons. The van der Waals surface area contributed by atoms with Crippen LogP contribution in [0, 0.1) is 11.6 Å². The maximum absolute atomic E-state index is 14.0. The summed E-state index contributed by atoms with van der Waals surface area (Å²) in [6, 6.07) is 1.91. The summed E-state index contributed by atoms with van der Waals surface area (Å²) in [5.74, 6) is -1.20. The van der Waals surface area contributed by atoms with E-state index in [0.717, 1.165) is 12.1 Å². The van der Waals surface area contributed by atoms with E-state index in [1.807, 2.05) is 0 Å². The highest BCUT2D eigenvalue weighted by atomic mass is 35.5. The van der Waals surface area contributed by atoms with Crippen molar-refractivity contribution in [3.8, 4) is 0 Å². The van der Waals surface area contributed by atoms with Crippen LogP contribution in [0.25, 0.3) is 11.2 Å². The van der Waals surface area contributed by atoms with Crippen LogP contribution in [-0.4, -0.2) is 59.8 Å². The molecule has 1 aliphatic heterocycles. The maximum atomic E-state index is 14.0. The minimum atomic E-state index is -1.31. The predicted molar refractivity (Wildman–Crippen MR) is 97.0 cm³/mol. The number of hydrogen-bond acceptors (Lipinski definition) is 8. The van der Waals surface area contributed by atoms with Crippen molar-refractivity contribution in [3.05, 3.63) is 47.0 Å². The van der Waals surface area contributed by atoms with E-state index in [9.17, 15) is 24.1 Å². The van der Waals surface area contributed by atoms with Crippen molar-refractivity contribution < 1.29 is 28.8 Å². The van der Waals surface area contributed by atoms with Gasteiger partial charge in [-0.15, -0.1) is 0 Å². The van der Waals surface area contributed by atoms with Gasteiger partial charge < -0.3 is 25.4 Å². The Bertz CT molecular complexity index is 1050. The molecular formula is C17H16ClF2N5O4. The lowest BCUT2D eigenvalue weighted by Gasteiger charge is -2.16. The van der Waals surface area contributed by atoms with Crippen LogP contribution in [0.15, 0.2) is 24.8 Å². The molecule has 2 aromatic heterocycles. The zero-order chi connectivity index (χ0) is 20.7. The van der Waals surface area contributed by atoms with Crippen molar-refractivity contribution >= 4 is 28.6 Å². The lowest BCUT2D eigenvalue weighted by molar-refractivity contribution is -0.0511. The zero-order valence-electron chi connectivity index (χ0n) is 14.7. The molecule has 1 aliphatic rings. The first-order valence-electron chi connectivity index (χ1n) is 8.58. The number of aliphatic hydroxyl groups is 3. The molecule has 0 amide bonds. The molecule has 3 heterocycles. The summed E-state index contributed by atoms with van der Waals surface area (Å²) in [5.41, 5.74) is 0.475. The summed E-state index contributed by atoms with van der Waals surface area (Å²) in [4.78, 5) is 12.4. The van der Waals surface area contributed by atoms with Gasteiger partial charge in [0.1, 0.15) is 36.3 Å². The highest BCUT2D eigenvalue weighted by molar-refractivity contribution is 6.31. The molecule has 4 rings (SSSR count). The Morgan fingerprint density at radius 1 is 1.14 bits per heavy atom. The van der Waals surface area contributed by atoms with Gasteiger partial charge in [0.15, 0.2) is 23.2 Å². The SMILES string of the molecule is OC[C@H]1OC(n2cnc3c(NCc4c(F)ccc(F)c4Cl)ncnc32)[C@@H](O)[C@@H]1O. The molecule has 29 heavy (non-hydrogen) atoms. The van der Waals surface area contributed by atoms with Crippen molar-refractivity contribution in [1.82, 2.24) is 19.5 Å². The zero-order valence-corrected chi connectivity index (χ0v) is 15.5. The number of aliphatic hydroxyl groups excluding tert-OH is 3. The third-order valence-electron chi connectivity index (χ3n) is 4.72.